The number of thiazole rings is 1. The number of rotatable bonds is 3. The van der Waals surface area contributed by atoms with Crippen LogP contribution in [0.25, 0.3) is 10.2 Å². The molecule has 4 nitrogen and oxygen atoms in total. The van der Waals surface area contributed by atoms with Crippen LogP contribution >= 0.6 is 11.3 Å². The van der Waals surface area contributed by atoms with E-state index >= 15 is 0 Å². The lowest BCUT2D eigenvalue weighted by molar-refractivity contribution is 0.000195. The van der Waals surface area contributed by atoms with Gasteiger partial charge in [0.1, 0.15) is 12.7 Å². The van der Waals surface area contributed by atoms with Crippen LogP contribution in [0.4, 0.5) is 0 Å². The van der Waals surface area contributed by atoms with Gasteiger partial charge in [-0.2, -0.15) is 0 Å². The molecule has 0 saturated carbocycles. The van der Waals surface area contributed by atoms with Crippen LogP contribution in [0.2, 0.25) is 0 Å². The van der Waals surface area contributed by atoms with Gasteiger partial charge in [-0.05, 0) is 12.1 Å². The normalized spacial score (nSPS) is 20.6. The van der Waals surface area contributed by atoms with Crippen LogP contribution in [-0.4, -0.2) is 37.4 Å². The van der Waals surface area contributed by atoms with E-state index in [4.69, 9.17) is 9.47 Å². The molecule has 1 fully saturated rings. The fourth-order valence-electron chi connectivity index (χ4n) is 1.80. The number of ether oxygens (including phenoxy) is 2. The Morgan fingerprint density at radius 3 is 3.24 bits per heavy atom. The lowest BCUT2D eigenvalue weighted by Gasteiger charge is -2.22. The molecule has 0 radical (unpaired) electrons. The minimum Gasteiger partial charge on any atom is -0.467 e. The second-order valence-electron chi connectivity index (χ2n) is 3.96. The highest BCUT2D eigenvalue weighted by Crippen LogP contribution is 2.27. The summed E-state index contributed by atoms with van der Waals surface area (Å²) in [6, 6.07) is 8.05. The molecule has 1 aliphatic rings. The lowest BCUT2D eigenvalue weighted by atomic mass is 10.3. The van der Waals surface area contributed by atoms with Crippen molar-refractivity contribution in [1.29, 1.82) is 0 Å². The average Bonchev–Trinajstić information content (AvgIpc) is 2.80. The van der Waals surface area contributed by atoms with Gasteiger partial charge in [-0.3, -0.25) is 0 Å². The summed E-state index contributed by atoms with van der Waals surface area (Å²) in [5, 5.41) is 4.00. The first-order valence-corrected chi connectivity index (χ1v) is 6.54. The quantitative estimate of drug-likeness (QED) is 0.900. The van der Waals surface area contributed by atoms with E-state index < -0.39 is 0 Å². The Bertz CT molecular complexity index is 461. The Morgan fingerprint density at radius 1 is 1.47 bits per heavy atom. The van der Waals surface area contributed by atoms with Crippen molar-refractivity contribution < 1.29 is 9.47 Å². The SMILES string of the molecule is c1ccc2sc(OCC3CNCCO3)nc2c1. The van der Waals surface area contributed by atoms with E-state index in [1.165, 1.54) is 0 Å². The number of nitrogens with one attached hydrogen (secondary N) is 1. The largest absolute Gasteiger partial charge is 0.467 e. The van der Waals surface area contributed by atoms with Crippen LogP contribution < -0.4 is 10.1 Å². The fourth-order valence-corrected chi connectivity index (χ4v) is 2.63. The van der Waals surface area contributed by atoms with Gasteiger partial charge in [0.2, 0.25) is 0 Å². The van der Waals surface area contributed by atoms with Crippen molar-refractivity contribution in [3.8, 4) is 5.19 Å². The predicted octanol–water partition coefficient (Wildman–Crippen LogP) is 1.66. The standard InChI is InChI=1S/C12H14N2O2S/c1-2-4-11-10(3-1)14-12(17-11)16-8-9-7-13-5-6-15-9/h1-4,9,13H,5-8H2. The van der Waals surface area contributed by atoms with Gasteiger partial charge in [-0.25, -0.2) is 4.98 Å². The third-order valence-electron chi connectivity index (χ3n) is 2.67. The van der Waals surface area contributed by atoms with Gasteiger partial charge in [0.25, 0.3) is 5.19 Å². The van der Waals surface area contributed by atoms with E-state index in [-0.39, 0.29) is 6.10 Å². The van der Waals surface area contributed by atoms with Crippen molar-refractivity contribution in [1.82, 2.24) is 10.3 Å². The molecule has 1 saturated heterocycles. The molecule has 0 spiro atoms. The van der Waals surface area contributed by atoms with Gasteiger partial charge in [0.05, 0.1) is 16.8 Å². The molecule has 3 rings (SSSR count). The Kier molecular flexibility index (Phi) is 3.22. The average molecular weight is 250 g/mol. The molecule has 2 aromatic rings. The van der Waals surface area contributed by atoms with Crippen molar-refractivity contribution in [2.75, 3.05) is 26.3 Å². The van der Waals surface area contributed by atoms with E-state index in [9.17, 15) is 0 Å². The third-order valence-corrected chi connectivity index (χ3v) is 3.62. The number of hydrogen-bond acceptors (Lipinski definition) is 5. The summed E-state index contributed by atoms with van der Waals surface area (Å²) in [5.74, 6) is 0. The van der Waals surface area contributed by atoms with Crippen molar-refractivity contribution in [2.24, 2.45) is 0 Å². The Hall–Kier alpha value is -1.17. The smallest absolute Gasteiger partial charge is 0.274 e. The van der Waals surface area contributed by atoms with Gasteiger partial charge in [0, 0.05) is 13.1 Å². The van der Waals surface area contributed by atoms with Crippen molar-refractivity contribution >= 4 is 21.6 Å². The molecule has 90 valence electrons. The van der Waals surface area contributed by atoms with Crippen LogP contribution in [0, 0.1) is 0 Å². The summed E-state index contributed by atoms with van der Waals surface area (Å²) in [4.78, 5) is 4.42. The highest BCUT2D eigenvalue weighted by atomic mass is 32.1. The van der Waals surface area contributed by atoms with E-state index in [1.54, 1.807) is 11.3 Å². The van der Waals surface area contributed by atoms with Gasteiger partial charge >= 0.3 is 0 Å². The number of fused-ring (bicyclic) bond motifs is 1. The van der Waals surface area contributed by atoms with E-state index in [1.807, 2.05) is 18.2 Å². The van der Waals surface area contributed by atoms with Crippen LogP contribution in [0.3, 0.4) is 0 Å². The minimum absolute atomic E-state index is 0.135. The first-order chi connectivity index (χ1) is 8.42. The van der Waals surface area contributed by atoms with E-state index in [0.717, 1.165) is 35.1 Å². The fraction of sp³-hybridized carbons (Fsp3) is 0.417. The molecule has 1 aromatic heterocycles. The van der Waals surface area contributed by atoms with E-state index in [0.29, 0.717) is 6.61 Å². The van der Waals surface area contributed by atoms with Gasteiger partial charge < -0.3 is 14.8 Å². The van der Waals surface area contributed by atoms with Gasteiger partial charge in [-0.1, -0.05) is 23.5 Å². The number of nitrogens with zero attached hydrogens (tertiary/aromatic N) is 1. The number of morpholine rings is 1. The number of benzene rings is 1. The molecule has 5 heteroatoms. The molecule has 1 aliphatic heterocycles. The lowest BCUT2D eigenvalue weighted by Crippen LogP contribution is -2.41. The van der Waals surface area contributed by atoms with Crippen LogP contribution in [0.5, 0.6) is 5.19 Å². The predicted molar refractivity (Wildman–Crippen MR) is 67.7 cm³/mol. The molecule has 17 heavy (non-hydrogen) atoms. The summed E-state index contributed by atoms with van der Waals surface area (Å²) in [5.41, 5.74) is 0.996. The monoisotopic (exact) mass is 250 g/mol. The molecule has 1 unspecified atom stereocenters. The maximum Gasteiger partial charge on any atom is 0.274 e. The Morgan fingerprint density at radius 2 is 2.41 bits per heavy atom. The highest BCUT2D eigenvalue weighted by Gasteiger charge is 2.14. The summed E-state index contributed by atoms with van der Waals surface area (Å²) in [6.45, 7) is 3.10. The summed E-state index contributed by atoms with van der Waals surface area (Å²) < 4.78 is 12.4. The molecule has 0 bridgehead atoms. The van der Waals surface area contributed by atoms with Gasteiger partial charge in [-0.15, -0.1) is 0 Å². The molecule has 1 N–H and O–H groups in total. The van der Waals surface area contributed by atoms with Crippen LogP contribution in [0.15, 0.2) is 24.3 Å². The molecule has 1 atom stereocenters. The molecule has 0 amide bonds. The van der Waals surface area contributed by atoms with Crippen molar-refractivity contribution in [3.05, 3.63) is 24.3 Å². The Labute approximate surface area is 104 Å². The number of hydrogen-bond donors (Lipinski definition) is 1. The van der Waals surface area contributed by atoms with Crippen molar-refractivity contribution in [3.63, 3.8) is 0 Å². The maximum atomic E-state index is 5.67. The van der Waals surface area contributed by atoms with Gasteiger partial charge in [0.15, 0.2) is 0 Å². The van der Waals surface area contributed by atoms with Crippen LogP contribution in [0.1, 0.15) is 0 Å². The minimum atomic E-state index is 0.135. The first-order valence-electron chi connectivity index (χ1n) is 5.72. The summed E-state index contributed by atoms with van der Waals surface area (Å²) in [6.07, 6.45) is 0.135. The first kappa shape index (κ1) is 11.0. The third kappa shape index (κ3) is 2.57. The van der Waals surface area contributed by atoms with E-state index in [2.05, 4.69) is 16.4 Å². The molecule has 0 aliphatic carbocycles. The summed E-state index contributed by atoms with van der Waals surface area (Å²) >= 11 is 1.58. The zero-order valence-electron chi connectivity index (χ0n) is 9.39. The number of aromatic nitrogens is 1. The molecule has 2 heterocycles. The summed E-state index contributed by atoms with van der Waals surface area (Å²) in [7, 11) is 0. The second kappa shape index (κ2) is 5.00. The molecular formula is C12H14N2O2S. The number of para-hydroxylation sites is 1. The zero-order valence-corrected chi connectivity index (χ0v) is 10.2. The second-order valence-corrected chi connectivity index (χ2v) is 4.95. The van der Waals surface area contributed by atoms with Crippen LogP contribution in [-0.2, 0) is 4.74 Å². The topological polar surface area (TPSA) is 43.4 Å². The molecular weight excluding hydrogens is 236 g/mol. The van der Waals surface area contributed by atoms with Crippen molar-refractivity contribution in [2.45, 2.75) is 6.10 Å². The maximum absolute atomic E-state index is 5.67. The molecule has 1 aromatic carbocycles. The highest BCUT2D eigenvalue weighted by molar-refractivity contribution is 7.20. The zero-order chi connectivity index (χ0) is 11.5. The Balaban J connectivity index is 1.64.